The Morgan fingerprint density at radius 2 is 1.71 bits per heavy atom. The lowest BCUT2D eigenvalue weighted by atomic mass is 9.84. The van der Waals surface area contributed by atoms with Crippen molar-refractivity contribution in [2.45, 2.75) is 69.2 Å². The third-order valence-electron chi connectivity index (χ3n) is 8.10. The number of likely N-dealkylation sites (tertiary alicyclic amines) is 1. The van der Waals surface area contributed by atoms with Gasteiger partial charge in [-0.05, 0) is 55.0 Å². The summed E-state index contributed by atoms with van der Waals surface area (Å²) in [5.41, 5.74) is 2.93. The summed E-state index contributed by atoms with van der Waals surface area (Å²) < 4.78 is 6.55. The lowest BCUT2D eigenvalue weighted by Crippen LogP contribution is -2.57. The van der Waals surface area contributed by atoms with E-state index in [-0.39, 0.29) is 30.2 Å². The molecule has 35 heavy (non-hydrogen) atoms. The van der Waals surface area contributed by atoms with Crippen LogP contribution < -0.4 is 10.1 Å². The van der Waals surface area contributed by atoms with Crippen molar-refractivity contribution in [3.8, 4) is 5.75 Å². The molecule has 7 heteroatoms. The van der Waals surface area contributed by atoms with E-state index in [2.05, 4.69) is 40.5 Å². The Kier molecular flexibility index (Phi) is 5.80. The zero-order chi connectivity index (χ0) is 23.9. The summed E-state index contributed by atoms with van der Waals surface area (Å²) in [6.45, 7) is 2.53. The fourth-order valence-electron chi connectivity index (χ4n) is 6.15. The summed E-state index contributed by atoms with van der Waals surface area (Å²) in [5.74, 6) is 0.587. The fourth-order valence-corrected chi connectivity index (χ4v) is 6.15. The van der Waals surface area contributed by atoms with Gasteiger partial charge in [0.1, 0.15) is 17.9 Å². The average molecular weight is 474 g/mol. The highest BCUT2D eigenvalue weighted by atomic mass is 16.5. The van der Waals surface area contributed by atoms with E-state index in [0.717, 1.165) is 37.2 Å². The fraction of sp³-hybridized carbons (Fsp3) is 0.464. The quantitative estimate of drug-likeness (QED) is 0.675. The van der Waals surface area contributed by atoms with Crippen molar-refractivity contribution >= 4 is 17.7 Å². The number of rotatable bonds is 5. The molecule has 0 radical (unpaired) electrons. The smallest absolute Gasteiger partial charge is 0.255 e. The lowest BCUT2D eigenvalue weighted by molar-refractivity contribution is -0.136. The molecule has 182 valence electrons. The molecule has 3 heterocycles. The monoisotopic (exact) mass is 473 g/mol. The minimum Gasteiger partial charge on any atom is -0.489 e. The molecule has 0 aromatic heterocycles. The van der Waals surface area contributed by atoms with E-state index < -0.39 is 6.04 Å². The van der Waals surface area contributed by atoms with Gasteiger partial charge in [-0.2, -0.15) is 0 Å². The molecule has 0 unspecified atom stereocenters. The maximum atomic E-state index is 13.0. The minimum absolute atomic E-state index is 0.141. The van der Waals surface area contributed by atoms with Crippen LogP contribution in [0.15, 0.2) is 48.5 Å². The van der Waals surface area contributed by atoms with Crippen molar-refractivity contribution in [3.63, 3.8) is 0 Å². The number of ether oxygens (including phenoxy) is 1. The Morgan fingerprint density at radius 3 is 2.51 bits per heavy atom. The predicted molar refractivity (Wildman–Crippen MR) is 130 cm³/mol. The molecule has 1 saturated carbocycles. The Labute approximate surface area is 205 Å². The van der Waals surface area contributed by atoms with Gasteiger partial charge in [0.05, 0.1) is 0 Å². The van der Waals surface area contributed by atoms with Gasteiger partial charge >= 0.3 is 0 Å². The van der Waals surface area contributed by atoms with E-state index in [0.29, 0.717) is 30.5 Å². The summed E-state index contributed by atoms with van der Waals surface area (Å²) in [7, 11) is 0. The van der Waals surface area contributed by atoms with Crippen LogP contribution in [-0.2, 0) is 16.1 Å². The topological polar surface area (TPSA) is 79.0 Å². The van der Waals surface area contributed by atoms with E-state index in [1.165, 1.54) is 18.4 Å². The summed E-state index contributed by atoms with van der Waals surface area (Å²) in [6, 6.07) is 16.2. The normalized spacial score (nSPS) is 27.4. The summed E-state index contributed by atoms with van der Waals surface area (Å²) >= 11 is 0. The molecular formula is C28H31N3O4. The molecule has 3 fully saturated rings. The van der Waals surface area contributed by atoms with E-state index in [1.807, 2.05) is 18.2 Å². The molecule has 3 atom stereocenters. The van der Waals surface area contributed by atoms with Crippen LogP contribution in [0.3, 0.4) is 0 Å². The number of imide groups is 1. The lowest BCUT2D eigenvalue weighted by Gasteiger charge is -2.48. The molecule has 2 saturated heterocycles. The van der Waals surface area contributed by atoms with Gasteiger partial charge in [0, 0.05) is 43.6 Å². The van der Waals surface area contributed by atoms with Crippen LogP contribution in [0.4, 0.5) is 0 Å². The number of fused-ring (bicyclic) bond motifs is 1. The molecule has 1 N–H and O–H groups in total. The highest BCUT2D eigenvalue weighted by molar-refractivity contribution is 6.05. The molecule has 0 bridgehead atoms. The number of amides is 3. The molecule has 4 aliphatic rings. The number of hydrogen-bond donors (Lipinski definition) is 1. The Morgan fingerprint density at radius 1 is 0.914 bits per heavy atom. The summed E-state index contributed by atoms with van der Waals surface area (Å²) in [6.07, 6.45) is 5.36. The number of carbonyl (C=O) groups is 3. The first-order valence-electron chi connectivity index (χ1n) is 12.8. The number of benzene rings is 2. The van der Waals surface area contributed by atoms with Crippen LogP contribution in [0.5, 0.6) is 5.75 Å². The predicted octanol–water partition coefficient (Wildman–Crippen LogP) is 3.24. The second-order valence-corrected chi connectivity index (χ2v) is 10.3. The highest BCUT2D eigenvalue weighted by Crippen LogP contribution is 2.36. The van der Waals surface area contributed by atoms with E-state index in [1.54, 1.807) is 4.90 Å². The number of carbonyl (C=O) groups excluding carboxylic acids is 3. The first-order chi connectivity index (χ1) is 17.1. The standard InChI is InChI=1S/C28H31N3O4/c32-26-13-12-24(27(33)29-26)31-17-19-14-21(10-11-22(19)28(31)34)35-25-9-5-4-8-23(25)30-15-20(16-30)18-6-2-1-3-7-18/h1-3,6-7,10-11,14,20,23-25H,4-5,8-9,12-13,15-17H2,(H,29,32,33)/t23-,24+,25+/m1/s1. The van der Waals surface area contributed by atoms with Gasteiger partial charge in [0.2, 0.25) is 11.8 Å². The van der Waals surface area contributed by atoms with Gasteiger partial charge in [-0.3, -0.25) is 24.6 Å². The molecule has 0 spiro atoms. The van der Waals surface area contributed by atoms with Crippen molar-refractivity contribution in [1.29, 1.82) is 0 Å². The van der Waals surface area contributed by atoms with Crippen LogP contribution in [0.2, 0.25) is 0 Å². The second kappa shape index (κ2) is 9.11. The van der Waals surface area contributed by atoms with E-state index >= 15 is 0 Å². The van der Waals surface area contributed by atoms with Crippen LogP contribution in [-0.4, -0.2) is 58.8 Å². The molecule has 7 nitrogen and oxygen atoms in total. The number of hydrogen-bond acceptors (Lipinski definition) is 5. The molecule has 3 aliphatic heterocycles. The Hall–Kier alpha value is -3.19. The third kappa shape index (κ3) is 4.22. The molecule has 1 aliphatic carbocycles. The molecule has 2 aromatic carbocycles. The van der Waals surface area contributed by atoms with Gasteiger partial charge in [0.15, 0.2) is 0 Å². The van der Waals surface area contributed by atoms with Crippen molar-refractivity contribution in [2.75, 3.05) is 13.1 Å². The van der Waals surface area contributed by atoms with Gasteiger partial charge in [-0.15, -0.1) is 0 Å². The summed E-state index contributed by atoms with van der Waals surface area (Å²) in [5, 5.41) is 2.36. The average Bonchev–Trinajstić information content (AvgIpc) is 3.15. The molecule has 2 aromatic rings. The summed E-state index contributed by atoms with van der Waals surface area (Å²) in [4.78, 5) is 40.9. The highest BCUT2D eigenvalue weighted by Gasteiger charge is 2.41. The van der Waals surface area contributed by atoms with Crippen LogP contribution in [0.25, 0.3) is 0 Å². The second-order valence-electron chi connectivity index (χ2n) is 10.3. The zero-order valence-corrected chi connectivity index (χ0v) is 19.8. The van der Waals surface area contributed by atoms with Gasteiger partial charge in [-0.1, -0.05) is 36.8 Å². The third-order valence-corrected chi connectivity index (χ3v) is 8.10. The first-order valence-corrected chi connectivity index (χ1v) is 12.8. The van der Waals surface area contributed by atoms with Crippen LogP contribution in [0, 0.1) is 0 Å². The van der Waals surface area contributed by atoms with E-state index in [9.17, 15) is 14.4 Å². The first kappa shape index (κ1) is 22.3. The number of nitrogens with zero attached hydrogens (tertiary/aromatic N) is 2. The maximum absolute atomic E-state index is 13.0. The van der Waals surface area contributed by atoms with Crippen LogP contribution in [0.1, 0.15) is 65.9 Å². The number of nitrogens with one attached hydrogen (secondary N) is 1. The van der Waals surface area contributed by atoms with Crippen molar-refractivity contribution in [1.82, 2.24) is 15.1 Å². The van der Waals surface area contributed by atoms with Gasteiger partial charge in [-0.25, -0.2) is 0 Å². The molecule has 3 amide bonds. The maximum Gasteiger partial charge on any atom is 0.255 e. The van der Waals surface area contributed by atoms with Crippen LogP contribution >= 0.6 is 0 Å². The van der Waals surface area contributed by atoms with Crippen molar-refractivity contribution in [3.05, 3.63) is 65.2 Å². The van der Waals surface area contributed by atoms with Gasteiger partial charge in [0.25, 0.3) is 5.91 Å². The Balaban J connectivity index is 1.12. The molecule has 6 rings (SSSR count). The van der Waals surface area contributed by atoms with Crippen molar-refractivity contribution < 1.29 is 19.1 Å². The largest absolute Gasteiger partial charge is 0.489 e. The SMILES string of the molecule is O=C1CC[C@H](N2Cc3cc(O[C@H]4CCCC[C@H]4N4CC(c5ccccc5)C4)ccc3C2=O)C(=O)N1. The Bertz CT molecular complexity index is 1140. The number of piperidine rings is 1. The van der Waals surface area contributed by atoms with E-state index in [4.69, 9.17) is 4.74 Å². The van der Waals surface area contributed by atoms with Crippen molar-refractivity contribution in [2.24, 2.45) is 0 Å². The molecular weight excluding hydrogens is 442 g/mol. The van der Waals surface area contributed by atoms with Gasteiger partial charge < -0.3 is 9.64 Å². The minimum atomic E-state index is -0.594. The zero-order valence-electron chi connectivity index (χ0n) is 19.8.